The first-order chi connectivity index (χ1) is 5.27. The number of rotatable bonds is 1. The summed E-state index contributed by atoms with van der Waals surface area (Å²) in [5.74, 6) is 1.34. The molecule has 5 unspecified atom stereocenters. The minimum Gasteiger partial charge on any atom is -0.374 e. The summed E-state index contributed by atoms with van der Waals surface area (Å²) in [6, 6.07) is 0. The largest absolute Gasteiger partial charge is 0.374 e. The summed E-state index contributed by atoms with van der Waals surface area (Å²) < 4.78 is 5.61. The molecule has 2 aliphatic heterocycles. The van der Waals surface area contributed by atoms with E-state index in [0.717, 1.165) is 12.3 Å². The van der Waals surface area contributed by atoms with E-state index < -0.39 is 0 Å². The average molecular weight is 153 g/mol. The summed E-state index contributed by atoms with van der Waals surface area (Å²) in [7, 11) is 0. The van der Waals surface area contributed by atoms with Crippen molar-refractivity contribution >= 4 is 5.91 Å². The zero-order valence-electron chi connectivity index (χ0n) is 6.19. The first-order valence-corrected chi connectivity index (χ1v) is 4.22. The Bertz CT molecular complexity index is 228. The summed E-state index contributed by atoms with van der Waals surface area (Å²) in [5, 5.41) is 0. The van der Waals surface area contributed by atoms with Gasteiger partial charge in [-0.15, -0.1) is 0 Å². The standard InChI is InChI=1S/C8H11NO2/c9-8(10)5-2-6-3-1-4(3)7(5)11-6/h3-7H,1-2H2,(H2,9,10). The lowest BCUT2D eigenvalue weighted by molar-refractivity contribution is -0.123. The number of ether oxygens (including phenoxy) is 1. The maximum Gasteiger partial charge on any atom is 0.223 e. The van der Waals surface area contributed by atoms with E-state index in [2.05, 4.69) is 0 Å². The number of fused-ring (bicyclic) bond motifs is 5. The molecule has 2 saturated heterocycles. The van der Waals surface area contributed by atoms with Crippen molar-refractivity contribution in [3.8, 4) is 0 Å². The van der Waals surface area contributed by atoms with E-state index in [9.17, 15) is 4.79 Å². The van der Waals surface area contributed by atoms with Gasteiger partial charge in [-0.3, -0.25) is 4.79 Å². The molecule has 3 heteroatoms. The highest BCUT2D eigenvalue weighted by atomic mass is 16.5. The average Bonchev–Trinajstić information content (AvgIpc) is 2.57. The minimum absolute atomic E-state index is 0.0312. The fourth-order valence-corrected chi connectivity index (χ4v) is 2.73. The maximum absolute atomic E-state index is 10.9. The van der Waals surface area contributed by atoms with Crippen LogP contribution < -0.4 is 5.73 Å². The van der Waals surface area contributed by atoms with Gasteiger partial charge in [0.1, 0.15) is 0 Å². The number of carbonyl (C=O) groups excluding carboxylic acids is 1. The van der Waals surface area contributed by atoms with Gasteiger partial charge in [0.2, 0.25) is 5.91 Å². The third-order valence-corrected chi connectivity index (χ3v) is 3.37. The van der Waals surface area contributed by atoms with Gasteiger partial charge >= 0.3 is 0 Å². The van der Waals surface area contributed by atoms with Crippen molar-refractivity contribution in [1.82, 2.24) is 0 Å². The van der Waals surface area contributed by atoms with E-state index in [-0.39, 0.29) is 17.9 Å². The molecule has 11 heavy (non-hydrogen) atoms. The zero-order valence-corrected chi connectivity index (χ0v) is 6.19. The van der Waals surface area contributed by atoms with E-state index in [1.807, 2.05) is 0 Å². The highest BCUT2D eigenvalue weighted by Gasteiger charge is 2.63. The van der Waals surface area contributed by atoms with Crippen LogP contribution in [-0.4, -0.2) is 18.1 Å². The molecular weight excluding hydrogens is 142 g/mol. The molecule has 60 valence electrons. The van der Waals surface area contributed by atoms with E-state index in [1.165, 1.54) is 6.42 Å². The van der Waals surface area contributed by atoms with Gasteiger partial charge in [-0.1, -0.05) is 0 Å². The smallest absolute Gasteiger partial charge is 0.223 e. The van der Waals surface area contributed by atoms with E-state index in [0.29, 0.717) is 12.0 Å². The van der Waals surface area contributed by atoms with Gasteiger partial charge in [0.25, 0.3) is 0 Å². The molecule has 0 aromatic carbocycles. The van der Waals surface area contributed by atoms with Gasteiger partial charge in [0, 0.05) is 0 Å². The lowest BCUT2D eigenvalue weighted by atomic mass is 9.89. The first kappa shape index (κ1) is 6.00. The Kier molecular flexibility index (Phi) is 0.876. The Balaban J connectivity index is 1.87. The summed E-state index contributed by atoms with van der Waals surface area (Å²) in [6.07, 6.45) is 2.74. The maximum atomic E-state index is 10.9. The third-order valence-electron chi connectivity index (χ3n) is 3.37. The lowest BCUT2D eigenvalue weighted by Gasteiger charge is -2.13. The number of carbonyl (C=O) groups is 1. The second kappa shape index (κ2) is 1.61. The molecule has 1 saturated carbocycles. The Morgan fingerprint density at radius 2 is 2.18 bits per heavy atom. The fourth-order valence-electron chi connectivity index (χ4n) is 2.73. The van der Waals surface area contributed by atoms with Gasteiger partial charge in [-0.2, -0.15) is 0 Å². The molecule has 2 N–H and O–H groups in total. The molecule has 2 heterocycles. The Hall–Kier alpha value is -0.570. The molecule has 3 aliphatic rings. The van der Waals surface area contributed by atoms with Crippen molar-refractivity contribution in [3.63, 3.8) is 0 Å². The normalized spacial score (nSPS) is 57.6. The summed E-state index contributed by atoms with van der Waals surface area (Å²) in [4.78, 5) is 10.9. The molecule has 3 fully saturated rings. The molecule has 5 atom stereocenters. The Morgan fingerprint density at radius 3 is 2.73 bits per heavy atom. The van der Waals surface area contributed by atoms with Crippen LogP contribution in [0.25, 0.3) is 0 Å². The number of hydrogen-bond acceptors (Lipinski definition) is 2. The highest BCUT2D eigenvalue weighted by molar-refractivity contribution is 5.78. The molecule has 1 amide bonds. The van der Waals surface area contributed by atoms with Gasteiger partial charge in [-0.05, 0) is 24.7 Å². The van der Waals surface area contributed by atoms with E-state index >= 15 is 0 Å². The molecule has 1 aliphatic carbocycles. The predicted octanol–water partition coefficient (Wildman–Crippen LogP) is -0.105. The van der Waals surface area contributed by atoms with Crippen molar-refractivity contribution in [2.24, 2.45) is 23.5 Å². The van der Waals surface area contributed by atoms with Gasteiger partial charge < -0.3 is 10.5 Å². The Morgan fingerprint density at radius 1 is 1.36 bits per heavy atom. The van der Waals surface area contributed by atoms with Crippen LogP contribution in [0.5, 0.6) is 0 Å². The van der Waals surface area contributed by atoms with Crippen molar-refractivity contribution in [2.45, 2.75) is 25.0 Å². The van der Waals surface area contributed by atoms with Gasteiger partial charge in [-0.25, -0.2) is 0 Å². The third kappa shape index (κ3) is 0.601. The van der Waals surface area contributed by atoms with Crippen molar-refractivity contribution in [3.05, 3.63) is 0 Å². The van der Waals surface area contributed by atoms with Crippen LogP contribution in [0.2, 0.25) is 0 Å². The predicted molar refractivity (Wildman–Crippen MR) is 37.6 cm³/mol. The van der Waals surface area contributed by atoms with Crippen molar-refractivity contribution < 1.29 is 9.53 Å². The fraction of sp³-hybridized carbons (Fsp3) is 0.875. The number of hydrogen-bond donors (Lipinski definition) is 1. The van der Waals surface area contributed by atoms with Crippen molar-refractivity contribution in [1.29, 1.82) is 0 Å². The van der Waals surface area contributed by atoms with Crippen LogP contribution in [0, 0.1) is 17.8 Å². The zero-order chi connectivity index (χ0) is 7.59. The van der Waals surface area contributed by atoms with Crippen LogP contribution in [0.1, 0.15) is 12.8 Å². The SMILES string of the molecule is NC(=O)C1CC2OC1C1CC21. The molecular formula is C8H11NO2. The molecule has 3 rings (SSSR count). The Labute approximate surface area is 64.9 Å². The van der Waals surface area contributed by atoms with Crippen LogP contribution in [-0.2, 0) is 9.53 Å². The molecule has 0 spiro atoms. The molecule has 0 radical (unpaired) electrons. The summed E-state index contributed by atoms with van der Waals surface area (Å²) in [5.41, 5.74) is 5.25. The molecule has 0 aromatic rings. The van der Waals surface area contributed by atoms with Gasteiger partial charge in [0.15, 0.2) is 0 Å². The van der Waals surface area contributed by atoms with Gasteiger partial charge in [0.05, 0.1) is 18.1 Å². The number of primary amides is 1. The van der Waals surface area contributed by atoms with Crippen LogP contribution in [0.4, 0.5) is 0 Å². The highest BCUT2D eigenvalue weighted by Crippen LogP contribution is 2.60. The summed E-state index contributed by atoms with van der Waals surface area (Å²) >= 11 is 0. The molecule has 2 bridgehead atoms. The van der Waals surface area contributed by atoms with Crippen LogP contribution >= 0.6 is 0 Å². The molecule has 3 nitrogen and oxygen atoms in total. The quantitative estimate of drug-likeness (QED) is 0.571. The van der Waals surface area contributed by atoms with E-state index in [4.69, 9.17) is 10.5 Å². The lowest BCUT2D eigenvalue weighted by Crippen LogP contribution is -2.32. The monoisotopic (exact) mass is 153 g/mol. The second-order valence-corrected chi connectivity index (χ2v) is 3.95. The number of nitrogens with two attached hydrogens (primary N) is 1. The molecule has 0 aromatic heterocycles. The van der Waals surface area contributed by atoms with E-state index in [1.54, 1.807) is 0 Å². The topological polar surface area (TPSA) is 52.3 Å². The minimum atomic E-state index is -0.164. The summed E-state index contributed by atoms with van der Waals surface area (Å²) in [6.45, 7) is 0. The first-order valence-electron chi connectivity index (χ1n) is 4.22. The van der Waals surface area contributed by atoms with Crippen LogP contribution in [0.15, 0.2) is 0 Å². The second-order valence-electron chi connectivity index (χ2n) is 3.95. The van der Waals surface area contributed by atoms with Crippen LogP contribution in [0.3, 0.4) is 0 Å². The van der Waals surface area contributed by atoms with Crippen molar-refractivity contribution in [2.75, 3.05) is 0 Å². The number of amides is 1.